The molecule has 3 N–H and O–H groups in total. The van der Waals surface area contributed by atoms with Gasteiger partial charge in [0.05, 0.1) is 0 Å². The molecular weight excluding hydrogens is 196 g/mol. The highest BCUT2D eigenvalue weighted by molar-refractivity contribution is 4.94. The zero-order chi connectivity index (χ0) is 12.6. The van der Waals surface area contributed by atoms with Crippen LogP contribution in [-0.4, -0.2) is 18.1 Å². The summed E-state index contributed by atoms with van der Waals surface area (Å²) in [5, 5.41) is 3.70. The Hall–Kier alpha value is -0.0800. The van der Waals surface area contributed by atoms with Crippen LogP contribution in [-0.2, 0) is 0 Å². The zero-order valence-corrected chi connectivity index (χ0v) is 12.0. The molecule has 96 valence electrons. The van der Waals surface area contributed by atoms with Crippen LogP contribution in [0.25, 0.3) is 0 Å². The predicted octanol–water partition coefficient (Wildman–Crippen LogP) is 2.92. The molecule has 1 saturated carbocycles. The Morgan fingerprint density at radius 1 is 1.25 bits per heavy atom. The monoisotopic (exact) mass is 226 g/mol. The molecule has 0 heterocycles. The highest BCUT2D eigenvalue weighted by atomic mass is 14.9. The summed E-state index contributed by atoms with van der Waals surface area (Å²) in [6.45, 7) is 14.5. The van der Waals surface area contributed by atoms with Crippen molar-refractivity contribution in [1.29, 1.82) is 0 Å². The summed E-state index contributed by atoms with van der Waals surface area (Å²) in [6, 6.07) is 0.691. The summed E-state index contributed by atoms with van der Waals surface area (Å²) in [6.07, 6.45) is 3.96. The summed E-state index contributed by atoms with van der Waals surface area (Å²) < 4.78 is 0. The minimum absolute atomic E-state index is 0.131. The predicted molar refractivity (Wildman–Crippen MR) is 71.5 cm³/mol. The van der Waals surface area contributed by atoms with Crippen LogP contribution in [0.2, 0.25) is 0 Å². The smallest absolute Gasteiger partial charge is 0.0161 e. The number of nitrogens with two attached hydrogens (primary N) is 1. The minimum atomic E-state index is -0.131. The Labute approximate surface area is 101 Å². The van der Waals surface area contributed by atoms with Gasteiger partial charge in [-0.3, -0.25) is 0 Å². The lowest BCUT2D eigenvalue weighted by Crippen LogP contribution is -2.53. The van der Waals surface area contributed by atoms with Gasteiger partial charge < -0.3 is 11.1 Å². The average molecular weight is 226 g/mol. The maximum atomic E-state index is 6.21. The summed E-state index contributed by atoms with van der Waals surface area (Å²) in [7, 11) is 0. The molecule has 0 aromatic rings. The Bertz CT molecular complexity index is 236. The van der Waals surface area contributed by atoms with Crippen LogP contribution in [0.1, 0.15) is 60.8 Å². The molecule has 1 atom stereocenters. The molecule has 0 amide bonds. The number of hydrogen-bond acceptors (Lipinski definition) is 2. The van der Waals surface area contributed by atoms with Crippen molar-refractivity contribution in [3.05, 3.63) is 0 Å². The summed E-state index contributed by atoms with van der Waals surface area (Å²) in [5.41, 5.74) is 6.75. The van der Waals surface area contributed by atoms with E-state index in [9.17, 15) is 0 Å². The highest BCUT2D eigenvalue weighted by Crippen LogP contribution is 2.37. The van der Waals surface area contributed by atoms with Crippen LogP contribution in [0.3, 0.4) is 0 Å². The van der Waals surface area contributed by atoms with Crippen LogP contribution >= 0.6 is 0 Å². The van der Waals surface area contributed by atoms with E-state index in [1.54, 1.807) is 0 Å². The molecule has 1 aliphatic carbocycles. The van der Waals surface area contributed by atoms with Crippen LogP contribution in [0, 0.1) is 10.8 Å². The molecule has 0 aromatic carbocycles. The van der Waals surface area contributed by atoms with E-state index < -0.39 is 0 Å². The molecule has 2 heteroatoms. The van der Waals surface area contributed by atoms with E-state index in [2.05, 4.69) is 46.9 Å². The maximum Gasteiger partial charge on any atom is 0.0161 e. The first-order valence-electron chi connectivity index (χ1n) is 6.56. The van der Waals surface area contributed by atoms with Crippen molar-refractivity contribution < 1.29 is 0 Å². The molecule has 1 unspecified atom stereocenters. The standard InChI is InChI=1S/C14H30N2/c1-12(2)8-7-11(9-12)16-10-13(3,4)14(5,6)15/h11,16H,7-10,15H2,1-6H3. The van der Waals surface area contributed by atoms with E-state index in [0.29, 0.717) is 11.5 Å². The van der Waals surface area contributed by atoms with Crippen LogP contribution in [0.5, 0.6) is 0 Å². The average Bonchev–Trinajstić information content (AvgIpc) is 2.40. The Morgan fingerprint density at radius 2 is 1.81 bits per heavy atom. The van der Waals surface area contributed by atoms with Crippen molar-refractivity contribution in [2.75, 3.05) is 6.54 Å². The quantitative estimate of drug-likeness (QED) is 0.773. The SMILES string of the molecule is CC1(C)CCC(NCC(C)(C)C(C)(C)N)C1. The Balaban J connectivity index is 2.42. The number of hydrogen-bond donors (Lipinski definition) is 2. The lowest BCUT2D eigenvalue weighted by molar-refractivity contribution is 0.186. The molecule has 0 aliphatic heterocycles. The fourth-order valence-electron chi connectivity index (χ4n) is 2.24. The summed E-state index contributed by atoms with van der Waals surface area (Å²) in [5.74, 6) is 0. The van der Waals surface area contributed by atoms with Crippen LogP contribution < -0.4 is 11.1 Å². The van der Waals surface area contributed by atoms with Crippen molar-refractivity contribution in [3.63, 3.8) is 0 Å². The van der Waals surface area contributed by atoms with Gasteiger partial charge in [-0.05, 0) is 43.9 Å². The highest BCUT2D eigenvalue weighted by Gasteiger charge is 2.36. The maximum absolute atomic E-state index is 6.21. The molecule has 1 rings (SSSR count). The molecule has 0 spiro atoms. The van der Waals surface area contributed by atoms with Gasteiger partial charge in [-0.25, -0.2) is 0 Å². The second kappa shape index (κ2) is 4.30. The molecule has 1 aliphatic rings. The van der Waals surface area contributed by atoms with Crippen molar-refractivity contribution >= 4 is 0 Å². The Kier molecular flexibility index (Phi) is 3.76. The third-order valence-corrected chi connectivity index (χ3v) is 4.55. The Morgan fingerprint density at radius 3 is 2.19 bits per heavy atom. The first-order chi connectivity index (χ1) is 7.04. The summed E-state index contributed by atoms with van der Waals surface area (Å²) in [4.78, 5) is 0. The molecule has 0 saturated heterocycles. The number of rotatable bonds is 4. The van der Waals surface area contributed by atoms with Crippen molar-refractivity contribution in [1.82, 2.24) is 5.32 Å². The number of nitrogens with one attached hydrogen (secondary N) is 1. The van der Waals surface area contributed by atoms with Gasteiger partial charge in [0.1, 0.15) is 0 Å². The van der Waals surface area contributed by atoms with E-state index in [4.69, 9.17) is 5.73 Å². The first-order valence-corrected chi connectivity index (χ1v) is 6.56. The van der Waals surface area contributed by atoms with E-state index in [0.717, 1.165) is 6.54 Å². The summed E-state index contributed by atoms with van der Waals surface area (Å²) >= 11 is 0. The van der Waals surface area contributed by atoms with Gasteiger partial charge in [0.2, 0.25) is 0 Å². The second-order valence-corrected chi connectivity index (χ2v) is 7.59. The molecule has 2 nitrogen and oxygen atoms in total. The largest absolute Gasteiger partial charge is 0.325 e. The molecule has 0 bridgehead atoms. The van der Waals surface area contributed by atoms with Crippen LogP contribution in [0.15, 0.2) is 0 Å². The van der Waals surface area contributed by atoms with Gasteiger partial charge in [0.15, 0.2) is 0 Å². The second-order valence-electron chi connectivity index (χ2n) is 7.59. The molecule has 0 radical (unpaired) electrons. The van der Waals surface area contributed by atoms with Crippen LogP contribution in [0.4, 0.5) is 0 Å². The fraction of sp³-hybridized carbons (Fsp3) is 1.00. The van der Waals surface area contributed by atoms with E-state index >= 15 is 0 Å². The third-order valence-electron chi connectivity index (χ3n) is 4.55. The zero-order valence-electron chi connectivity index (χ0n) is 12.0. The van der Waals surface area contributed by atoms with Crippen molar-refractivity contribution in [2.24, 2.45) is 16.6 Å². The lowest BCUT2D eigenvalue weighted by Gasteiger charge is -2.39. The van der Waals surface area contributed by atoms with Crippen molar-refractivity contribution in [2.45, 2.75) is 72.4 Å². The molecule has 0 aromatic heterocycles. The van der Waals surface area contributed by atoms with Gasteiger partial charge in [-0.15, -0.1) is 0 Å². The lowest BCUT2D eigenvalue weighted by atomic mass is 9.75. The van der Waals surface area contributed by atoms with E-state index in [1.807, 2.05) is 0 Å². The van der Waals surface area contributed by atoms with E-state index in [1.165, 1.54) is 19.3 Å². The first kappa shape index (κ1) is 14.0. The van der Waals surface area contributed by atoms with Gasteiger partial charge in [-0.2, -0.15) is 0 Å². The van der Waals surface area contributed by atoms with Gasteiger partial charge in [-0.1, -0.05) is 27.7 Å². The normalized spacial score (nSPS) is 26.1. The van der Waals surface area contributed by atoms with Crippen molar-refractivity contribution in [3.8, 4) is 0 Å². The molecular formula is C14H30N2. The van der Waals surface area contributed by atoms with Gasteiger partial charge >= 0.3 is 0 Å². The van der Waals surface area contributed by atoms with Gasteiger partial charge in [0.25, 0.3) is 0 Å². The topological polar surface area (TPSA) is 38.0 Å². The third kappa shape index (κ3) is 3.46. The minimum Gasteiger partial charge on any atom is -0.325 e. The van der Waals surface area contributed by atoms with E-state index in [-0.39, 0.29) is 11.0 Å². The molecule has 1 fully saturated rings. The van der Waals surface area contributed by atoms with Gasteiger partial charge in [0, 0.05) is 18.1 Å². The fourth-order valence-corrected chi connectivity index (χ4v) is 2.24. The molecule has 16 heavy (non-hydrogen) atoms.